The highest BCUT2D eigenvalue weighted by molar-refractivity contribution is 9.11. The molecule has 1 aromatic carbocycles. The van der Waals surface area contributed by atoms with E-state index in [1.807, 2.05) is 18.3 Å². The Kier molecular flexibility index (Phi) is 4.52. The van der Waals surface area contributed by atoms with Crippen molar-refractivity contribution in [2.75, 3.05) is 0 Å². The molecule has 0 radical (unpaired) electrons. The molecule has 6 heteroatoms. The lowest BCUT2D eigenvalue weighted by atomic mass is 10.1. The third kappa shape index (κ3) is 2.66. The average Bonchev–Trinajstić information content (AvgIpc) is 2.59. The van der Waals surface area contributed by atoms with Crippen LogP contribution in [0.1, 0.15) is 25.5 Å². The molecular weight excluding hydrogens is 444 g/mol. The summed E-state index contributed by atoms with van der Waals surface area (Å²) in [6.45, 7) is 4.30. The summed E-state index contributed by atoms with van der Waals surface area (Å²) in [6, 6.07) is 4.03. The first-order valence-corrected chi connectivity index (χ1v) is 8.15. The van der Waals surface area contributed by atoms with Crippen molar-refractivity contribution < 1.29 is 0 Å². The summed E-state index contributed by atoms with van der Waals surface area (Å²) < 4.78 is 5.74. The van der Waals surface area contributed by atoms with E-state index in [1.54, 1.807) is 0 Å². The van der Waals surface area contributed by atoms with Crippen molar-refractivity contribution in [2.24, 2.45) is 0 Å². The highest BCUT2D eigenvalue weighted by atomic mass is 79.9. The molecule has 0 saturated carbocycles. The number of aromatic nitrogens is 2. The van der Waals surface area contributed by atoms with Crippen LogP contribution in [-0.4, -0.2) is 9.55 Å². The number of nitrogens with one attached hydrogen (secondary N) is 1. The predicted molar refractivity (Wildman–Crippen MR) is 88.1 cm³/mol. The van der Waals surface area contributed by atoms with E-state index in [0.29, 0.717) is 10.7 Å². The van der Waals surface area contributed by atoms with E-state index in [-0.39, 0.29) is 0 Å². The topological polar surface area (TPSA) is 20.7 Å². The summed E-state index contributed by atoms with van der Waals surface area (Å²) >= 11 is 16.0. The molecule has 0 bridgehead atoms. The zero-order valence-corrected chi connectivity index (χ0v) is 15.4. The van der Waals surface area contributed by atoms with Crippen LogP contribution < -0.4 is 0 Å². The second-order valence-electron chi connectivity index (χ2n) is 4.23. The van der Waals surface area contributed by atoms with Crippen LogP contribution >= 0.6 is 60.0 Å². The molecule has 0 aliphatic carbocycles. The Morgan fingerprint density at radius 2 is 1.72 bits per heavy atom. The van der Waals surface area contributed by atoms with Crippen molar-refractivity contribution in [2.45, 2.75) is 19.8 Å². The molecular formula is C12H11Br3N2S. The first-order valence-electron chi connectivity index (χ1n) is 5.37. The van der Waals surface area contributed by atoms with Crippen LogP contribution in [0, 0.1) is 4.77 Å². The average molecular weight is 455 g/mol. The summed E-state index contributed by atoms with van der Waals surface area (Å²) in [6.07, 6.45) is 1.97. The molecule has 0 atom stereocenters. The van der Waals surface area contributed by atoms with Gasteiger partial charge in [0.1, 0.15) is 0 Å². The van der Waals surface area contributed by atoms with Crippen molar-refractivity contribution in [3.05, 3.63) is 42.2 Å². The smallest absolute Gasteiger partial charge is 0.182 e. The van der Waals surface area contributed by atoms with E-state index >= 15 is 0 Å². The van der Waals surface area contributed by atoms with Crippen molar-refractivity contribution in [3.8, 4) is 5.69 Å². The van der Waals surface area contributed by atoms with Gasteiger partial charge in [0.15, 0.2) is 4.77 Å². The highest BCUT2D eigenvalue weighted by Gasteiger charge is 2.15. The molecule has 2 rings (SSSR count). The van der Waals surface area contributed by atoms with E-state index in [2.05, 4.69) is 71.2 Å². The minimum Gasteiger partial charge on any atom is -0.337 e. The van der Waals surface area contributed by atoms with E-state index in [9.17, 15) is 0 Å². The van der Waals surface area contributed by atoms with E-state index in [1.165, 1.54) is 0 Å². The molecule has 18 heavy (non-hydrogen) atoms. The molecule has 1 heterocycles. The number of hydrogen-bond donors (Lipinski definition) is 1. The third-order valence-corrected chi connectivity index (χ3v) is 4.57. The van der Waals surface area contributed by atoms with E-state index in [0.717, 1.165) is 24.8 Å². The van der Waals surface area contributed by atoms with E-state index in [4.69, 9.17) is 12.2 Å². The lowest BCUT2D eigenvalue weighted by Gasteiger charge is -2.14. The third-order valence-electron chi connectivity index (χ3n) is 2.60. The summed E-state index contributed by atoms with van der Waals surface area (Å²) in [5.74, 6) is 0.389. The normalized spacial score (nSPS) is 11.2. The fraction of sp³-hybridized carbons (Fsp3) is 0.250. The second kappa shape index (κ2) is 5.61. The van der Waals surface area contributed by atoms with Gasteiger partial charge in [-0.05, 0) is 62.1 Å². The number of halogens is 3. The molecule has 0 aliphatic heterocycles. The monoisotopic (exact) mass is 452 g/mol. The predicted octanol–water partition coefficient (Wildman–Crippen LogP) is 5.95. The Morgan fingerprint density at radius 3 is 2.22 bits per heavy atom. The van der Waals surface area contributed by atoms with E-state index < -0.39 is 0 Å². The fourth-order valence-corrected chi connectivity index (χ4v) is 4.65. The van der Waals surface area contributed by atoms with Gasteiger partial charge < -0.3 is 4.98 Å². The number of aromatic amines is 1. The van der Waals surface area contributed by atoms with Crippen LogP contribution in [0.2, 0.25) is 0 Å². The Hall–Kier alpha value is 0.0900. The fourth-order valence-electron chi connectivity index (χ4n) is 1.79. The minimum atomic E-state index is 0.389. The Morgan fingerprint density at radius 1 is 1.17 bits per heavy atom. The molecule has 0 unspecified atom stereocenters. The second-order valence-corrected chi connectivity index (χ2v) is 7.24. The molecule has 96 valence electrons. The van der Waals surface area contributed by atoms with Crippen LogP contribution in [-0.2, 0) is 0 Å². The highest BCUT2D eigenvalue weighted by Crippen LogP contribution is 2.35. The number of hydrogen-bond acceptors (Lipinski definition) is 1. The van der Waals surface area contributed by atoms with Crippen molar-refractivity contribution >= 4 is 60.0 Å². The van der Waals surface area contributed by atoms with Gasteiger partial charge in [0, 0.05) is 25.3 Å². The SMILES string of the molecule is CC(C)c1c[nH]c(=S)n1-c1c(Br)cc(Br)cc1Br. The zero-order valence-electron chi connectivity index (χ0n) is 9.80. The molecule has 0 aliphatic rings. The van der Waals surface area contributed by atoms with Gasteiger partial charge in [0.25, 0.3) is 0 Å². The van der Waals surface area contributed by atoms with Gasteiger partial charge in [-0.2, -0.15) is 0 Å². The molecule has 0 saturated heterocycles. The molecule has 0 fully saturated rings. The van der Waals surface area contributed by atoms with Gasteiger partial charge in [-0.3, -0.25) is 4.57 Å². The van der Waals surface area contributed by atoms with Crippen LogP contribution in [0.3, 0.4) is 0 Å². The molecule has 0 amide bonds. The maximum absolute atomic E-state index is 5.38. The van der Waals surface area contributed by atoms with Crippen molar-refractivity contribution in [1.29, 1.82) is 0 Å². The minimum absolute atomic E-state index is 0.389. The number of imidazole rings is 1. The van der Waals surface area contributed by atoms with Gasteiger partial charge in [0.05, 0.1) is 5.69 Å². The maximum Gasteiger partial charge on any atom is 0.182 e. The maximum atomic E-state index is 5.38. The van der Waals surface area contributed by atoms with Gasteiger partial charge in [-0.1, -0.05) is 29.8 Å². The summed E-state index contributed by atoms with van der Waals surface area (Å²) in [7, 11) is 0. The van der Waals surface area contributed by atoms with Crippen LogP contribution in [0.15, 0.2) is 31.7 Å². The largest absolute Gasteiger partial charge is 0.337 e. The summed E-state index contributed by atoms with van der Waals surface area (Å²) in [4.78, 5) is 3.11. The standard InChI is InChI=1S/C12H11Br3N2S/c1-6(2)10-5-16-12(18)17(10)11-8(14)3-7(13)4-9(11)15/h3-6H,1-2H3,(H,16,18). The van der Waals surface area contributed by atoms with Gasteiger partial charge in [-0.15, -0.1) is 0 Å². The first-order chi connectivity index (χ1) is 8.41. The lowest BCUT2D eigenvalue weighted by molar-refractivity contribution is 0.781. The number of nitrogens with zero attached hydrogens (tertiary/aromatic N) is 1. The summed E-state index contributed by atoms with van der Waals surface area (Å²) in [5, 5.41) is 0. The molecule has 2 nitrogen and oxygen atoms in total. The quantitative estimate of drug-likeness (QED) is 0.556. The van der Waals surface area contributed by atoms with Crippen molar-refractivity contribution in [3.63, 3.8) is 0 Å². The molecule has 1 N–H and O–H groups in total. The van der Waals surface area contributed by atoms with Crippen molar-refractivity contribution in [1.82, 2.24) is 9.55 Å². The van der Waals surface area contributed by atoms with Gasteiger partial charge >= 0.3 is 0 Å². The first kappa shape index (κ1) is 14.5. The zero-order chi connectivity index (χ0) is 13.4. The lowest BCUT2D eigenvalue weighted by Crippen LogP contribution is -2.03. The Balaban J connectivity index is 2.77. The Labute approximate surface area is 136 Å². The summed E-state index contributed by atoms with van der Waals surface area (Å²) in [5.41, 5.74) is 2.18. The number of rotatable bonds is 2. The van der Waals surface area contributed by atoms with Crippen LogP contribution in [0.25, 0.3) is 5.69 Å². The molecule has 2 aromatic rings. The van der Waals surface area contributed by atoms with Gasteiger partial charge in [-0.25, -0.2) is 0 Å². The molecule has 0 spiro atoms. The van der Waals surface area contributed by atoms with Gasteiger partial charge in [0.2, 0.25) is 0 Å². The van der Waals surface area contributed by atoms with Crippen LogP contribution in [0.4, 0.5) is 0 Å². The van der Waals surface area contributed by atoms with Crippen LogP contribution in [0.5, 0.6) is 0 Å². The number of H-pyrrole nitrogens is 1. The number of benzene rings is 1. The molecule has 1 aromatic heterocycles. The Bertz CT molecular complexity index is 620.